The number of hydrogen-bond donors (Lipinski definition) is 0. The first kappa shape index (κ1) is 39.8. The molecule has 1 aliphatic heterocycles. The average molecular weight is 859 g/mol. The van der Waals surface area contributed by atoms with Crippen LogP contribution in [0, 0.1) is 11.3 Å². The summed E-state index contributed by atoms with van der Waals surface area (Å²) in [6.07, 6.45) is 0. The lowest BCUT2D eigenvalue weighted by Gasteiger charge is -2.42. The van der Waals surface area contributed by atoms with E-state index in [-0.39, 0.29) is 5.41 Å². The van der Waals surface area contributed by atoms with Gasteiger partial charge in [-0.1, -0.05) is 184 Å². The Morgan fingerprint density at radius 2 is 0.881 bits per heavy atom. The van der Waals surface area contributed by atoms with Crippen molar-refractivity contribution in [2.24, 2.45) is 0 Å². The van der Waals surface area contributed by atoms with Crippen LogP contribution in [-0.2, 0) is 10.8 Å². The quantitative estimate of drug-likeness (QED) is 0.160. The number of aromatic nitrogens is 3. The van der Waals surface area contributed by atoms with E-state index in [0.717, 1.165) is 61.6 Å². The first-order valence-corrected chi connectivity index (χ1v) is 22.6. The normalized spacial score (nSPS) is 13.6. The van der Waals surface area contributed by atoms with E-state index in [2.05, 4.69) is 214 Å². The molecule has 0 atom stereocenters. The molecule has 1 aliphatic carbocycles. The molecule has 67 heavy (non-hydrogen) atoms. The molecule has 0 amide bonds. The van der Waals surface area contributed by atoms with Gasteiger partial charge in [-0.15, -0.1) is 0 Å². The van der Waals surface area contributed by atoms with Crippen molar-refractivity contribution in [3.8, 4) is 85.1 Å². The Hall–Kier alpha value is -8.72. The predicted octanol–water partition coefficient (Wildman–Crippen LogP) is 14.9. The van der Waals surface area contributed by atoms with Gasteiger partial charge in [0.25, 0.3) is 0 Å². The molecule has 5 heteroatoms. The zero-order valence-electron chi connectivity index (χ0n) is 37.0. The van der Waals surface area contributed by atoms with Crippen molar-refractivity contribution in [1.29, 1.82) is 5.26 Å². The smallest absolute Gasteiger partial charge is 0.164 e. The maximum atomic E-state index is 9.57. The SMILES string of the molecule is CC1(C)c2ccccc2-c2ccc(-c3nc(-c4ccc(C#N)cc4)nc(-c4cccc(-c5cccc(-c6cccc7c6Oc6ccccc6C7(c6ccccc6)c6ccccc6)c5)c4)n3)cc21. The first-order chi connectivity index (χ1) is 32.9. The van der Waals surface area contributed by atoms with Crippen LogP contribution in [0.2, 0.25) is 0 Å². The zero-order chi connectivity index (χ0) is 45.1. The van der Waals surface area contributed by atoms with E-state index >= 15 is 0 Å². The number of hydrogen-bond acceptors (Lipinski definition) is 5. The van der Waals surface area contributed by atoms with E-state index in [0.29, 0.717) is 23.0 Å². The topological polar surface area (TPSA) is 71.7 Å². The molecule has 9 aromatic carbocycles. The van der Waals surface area contributed by atoms with Gasteiger partial charge in [0.15, 0.2) is 17.5 Å². The van der Waals surface area contributed by atoms with Gasteiger partial charge in [0.1, 0.15) is 11.5 Å². The van der Waals surface area contributed by atoms with Crippen molar-refractivity contribution >= 4 is 0 Å². The second kappa shape index (κ2) is 15.8. The third-order valence-electron chi connectivity index (χ3n) is 13.7. The highest BCUT2D eigenvalue weighted by Gasteiger charge is 2.46. The monoisotopic (exact) mass is 858 g/mol. The molecule has 0 radical (unpaired) electrons. The fraction of sp³-hybridized carbons (Fsp3) is 0.0645. The molecule has 2 heterocycles. The van der Waals surface area contributed by atoms with Crippen molar-refractivity contribution in [3.05, 3.63) is 257 Å². The number of fused-ring (bicyclic) bond motifs is 5. The first-order valence-electron chi connectivity index (χ1n) is 22.6. The van der Waals surface area contributed by atoms with E-state index in [1.54, 1.807) is 12.1 Å². The molecule has 5 nitrogen and oxygen atoms in total. The minimum atomic E-state index is -0.615. The number of rotatable bonds is 7. The largest absolute Gasteiger partial charge is 0.456 e. The van der Waals surface area contributed by atoms with Gasteiger partial charge in [-0.2, -0.15) is 5.26 Å². The summed E-state index contributed by atoms with van der Waals surface area (Å²) in [5.74, 6) is 3.37. The Kier molecular flexibility index (Phi) is 9.37. The molecule has 0 N–H and O–H groups in total. The Labute approximate surface area is 390 Å². The van der Waals surface area contributed by atoms with E-state index < -0.39 is 5.41 Å². The molecule has 0 fully saturated rings. The summed E-state index contributed by atoms with van der Waals surface area (Å²) < 4.78 is 7.01. The summed E-state index contributed by atoms with van der Waals surface area (Å²) in [6, 6.07) is 78.5. The van der Waals surface area contributed by atoms with Gasteiger partial charge in [0, 0.05) is 38.8 Å². The van der Waals surface area contributed by atoms with Crippen LogP contribution < -0.4 is 4.74 Å². The van der Waals surface area contributed by atoms with Gasteiger partial charge in [-0.3, -0.25) is 0 Å². The summed E-state index contributed by atoms with van der Waals surface area (Å²) in [6.45, 7) is 4.56. The Bertz CT molecular complexity index is 3550. The number of nitriles is 1. The van der Waals surface area contributed by atoms with Crippen molar-refractivity contribution in [3.63, 3.8) is 0 Å². The van der Waals surface area contributed by atoms with E-state index in [4.69, 9.17) is 19.7 Å². The highest BCUT2D eigenvalue weighted by Crippen LogP contribution is 2.57. The zero-order valence-corrected chi connectivity index (χ0v) is 37.0. The van der Waals surface area contributed by atoms with E-state index in [1.807, 2.05) is 12.1 Å². The summed E-state index contributed by atoms with van der Waals surface area (Å²) in [5, 5.41) is 9.57. The lowest BCUT2D eigenvalue weighted by Crippen LogP contribution is -2.34. The summed E-state index contributed by atoms with van der Waals surface area (Å²) in [4.78, 5) is 15.4. The van der Waals surface area contributed by atoms with Crippen LogP contribution in [-0.4, -0.2) is 15.0 Å². The molecule has 0 saturated heterocycles. The molecule has 12 rings (SSSR count). The molecular formula is C62H42N4O. The fourth-order valence-corrected chi connectivity index (χ4v) is 10.5. The Balaban J connectivity index is 0.970. The molecular weight excluding hydrogens is 817 g/mol. The van der Waals surface area contributed by atoms with Gasteiger partial charge in [-0.25, -0.2) is 15.0 Å². The summed E-state index contributed by atoms with van der Waals surface area (Å²) >= 11 is 0. The van der Waals surface area contributed by atoms with Gasteiger partial charge >= 0.3 is 0 Å². The molecule has 1 aromatic heterocycles. The second-order valence-corrected chi connectivity index (χ2v) is 17.9. The lowest BCUT2D eigenvalue weighted by atomic mass is 9.63. The molecule has 0 unspecified atom stereocenters. The predicted molar refractivity (Wildman–Crippen MR) is 268 cm³/mol. The third kappa shape index (κ3) is 6.49. The highest BCUT2D eigenvalue weighted by molar-refractivity contribution is 5.85. The molecule has 0 saturated carbocycles. The van der Waals surface area contributed by atoms with Gasteiger partial charge in [-0.05, 0) is 98.6 Å². The maximum Gasteiger partial charge on any atom is 0.164 e. The fourth-order valence-electron chi connectivity index (χ4n) is 10.5. The molecule has 0 spiro atoms. The Morgan fingerprint density at radius 3 is 1.57 bits per heavy atom. The van der Waals surface area contributed by atoms with Crippen LogP contribution in [0.3, 0.4) is 0 Å². The van der Waals surface area contributed by atoms with Crippen LogP contribution in [0.5, 0.6) is 11.5 Å². The molecule has 316 valence electrons. The number of nitrogens with zero attached hydrogens (tertiary/aromatic N) is 4. The minimum Gasteiger partial charge on any atom is -0.456 e. The van der Waals surface area contributed by atoms with E-state index in [9.17, 15) is 5.26 Å². The molecule has 0 bridgehead atoms. The van der Waals surface area contributed by atoms with Gasteiger partial charge < -0.3 is 4.74 Å². The number of para-hydroxylation sites is 2. The van der Waals surface area contributed by atoms with Crippen molar-refractivity contribution in [1.82, 2.24) is 15.0 Å². The molecule has 10 aromatic rings. The highest BCUT2D eigenvalue weighted by atomic mass is 16.5. The second-order valence-electron chi connectivity index (χ2n) is 17.9. The van der Waals surface area contributed by atoms with Crippen LogP contribution in [0.4, 0.5) is 0 Å². The third-order valence-corrected chi connectivity index (χ3v) is 13.7. The number of benzene rings is 9. The maximum absolute atomic E-state index is 9.57. The number of ether oxygens (including phenoxy) is 1. The van der Waals surface area contributed by atoms with Gasteiger partial charge in [0.2, 0.25) is 0 Å². The van der Waals surface area contributed by atoms with E-state index in [1.165, 1.54) is 33.4 Å². The summed E-state index contributed by atoms with van der Waals surface area (Å²) in [5.41, 5.74) is 16.1. The van der Waals surface area contributed by atoms with Gasteiger partial charge in [0.05, 0.1) is 17.0 Å². The summed E-state index contributed by atoms with van der Waals surface area (Å²) in [7, 11) is 0. The van der Waals surface area contributed by atoms with Crippen LogP contribution >= 0.6 is 0 Å². The minimum absolute atomic E-state index is 0.181. The van der Waals surface area contributed by atoms with Crippen molar-refractivity contribution in [2.75, 3.05) is 0 Å². The standard InChI is InChI=1S/C62H42N4O/c1-61(2)52-26-10-9-24-50(52)51-35-34-46(38-55(51)61)60-65-58(41-32-30-40(39-63)31-33-41)64-59(66-60)45-19-14-17-43(37-45)42-16-13-18-44(36-42)49-25-15-28-54-57(49)67-56-29-12-11-27-53(56)62(54,47-20-5-3-6-21-47)48-22-7-4-8-23-48/h3-38H,1-2H3. The van der Waals surface area contributed by atoms with Crippen LogP contribution in [0.15, 0.2) is 218 Å². The van der Waals surface area contributed by atoms with Crippen LogP contribution in [0.25, 0.3) is 67.5 Å². The Morgan fingerprint density at radius 1 is 0.388 bits per heavy atom. The molecule has 2 aliphatic rings. The van der Waals surface area contributed by atoms with Crippen LogP contribution in [0.1, 0.15) is 52.8 Å². The van der Waals surface area contributed by atoms with Crippen molar-refractivity contribution in [2.45, 2.75) is 24.7 Å². The average Bonchev–Trinajstić information content (AvgIpc) is 3.63. The van der Waals surface area contributed by atoms with Crippen molar-refractivity contribution < 1.29 is 4.74 Å². The lowest BCUT2D eigenvalue weighted by molar-refractivity contribution is 0.436.